The fraction of sp³-hybridized carbons (Fsp3) is 0.500. The number of amides is 1. The summed E-state index contributed by atoms with van der Waals surface area (Å²) in [4.78, 5) is 11.9. The maximum atomic E-state index is 11.9. The van der Waals surface area contributed by atoms with Gasteiger partial charge in [0.25, 0.3) is 5.91 Å². The quantitative estimate of drug-likeness (QED) is 0.861. The van der Waals surface area contributed by atoms with Crippen LogP contribution in [-0.2, 0) is 4.79 Å². The normalized spacial score (nSPS) is 12.3. The summed E-state index contributed by atoms with van der Waals surface area (Å²) in [5, 5.41) is 3.47. The largest absolute Gasteiger partial charge is 0.481 e. The molecule has 1 amide bonds. The van der Waals surface area contributed by atoms with Crippen molar-refractivity contribution in [1.29, 1.82) is 0 Å². The molecule has 0 spiro atoms. The van der Waals surface area contributed by atoms with Gasteiger partial charge in [-0.05, 0) is 30.5 Å². The zero-order valence-corrected chi connectivity index (χ0v) is 11.8. The Balaban J connectivity index is 2.58. The Morgan fingerprint density at radius 1 is 1.44 bits per heavy atom. The van der Waals surface area contributed by atoms with Gasteiger partial charge in [-0.15, -0.1) is 0 Å². The van der Waals surface area contributed by atoms with Gasteiger partial charge in [-0.1, -0.05) is 38.4 Å². The van der Waals surface area contributed by atoms with Gasteiger partial charge in [-0.2, -0.15) is 0 Å². The average Bonchev–Trinajstić information content (AvgIpc) is 2.33. The first kappa shape index (κ1) is 14.8. The Morgan fingerprint density at radius 3 is 2.72 bits per heavy atom. The van der Waals surface area contributed by atoms with Crippen molar-refractivity contribution < 1.29 is 9.53 Å². The standard InChI is InChI=1S/C14H20ClNO2/c1-4-13(14(17)16-9-10(2)3)18-12-7-5-6-11(15)8-12/h5-8,10,13H,4,9H2,1-3H3,(H,16,17)/t13-/m1/s1. The zero-order chi connectivity index (χ0) is 13.5. The van der Waals surface area contributed by atoms with Crippen LogP contribution in [0.5, 0.6) is 5.75 Å². The molecule has 0 saturated carbocycles. The minimum atomic E-state index is -0.470. The second-order valence-corrected chi connectivity index (χ2v) is 5.05. The first-order valence-corrected chi connectivity index (χ1v) is 6.60. The summed E-state index contributed by atoms with van der Waals surface area (Å²) in [6.45, 7) is 6.69. The van der Waals surface area contributed by atoms with Crippen molar-refractivity contribution in [3.05, 3.63) is 29.3 Å². The SMILES string of the molecule is CC[C@@H](Oc1cccc(Cl)c1)C(=O)NCC(C)C. The van der Waals surface area contributed by atoms with Crippen LogP contribution in [0.2, 0.25) is 5.02 Å². The summed E-state index contributed by atoms with van der Waals surface area (Å²) < 4.78 is 5.64. The van der Waals surface area contributed by atoms with Crippen molar-refractivity contribution >= 4 is 17.5 Å². The number of halogens is 1. The number of carbonyl (C=O) groups is 1. The number of nitrogens with one attached hydrogen (secondary N) is 1. The number of carbonyl (C=O) groups excluding carboxylic acids is 1. The van der Waals surface area contributed by atoms with E-state index in [9.17, 15) is 4.79 Å². The molecule has 0 aliphatic carbocycles. The molecule has 0 unspecified atom stereocenters. The molecule has 1 rings (SSSR count). The van der Waals surface area contributed by atoms with Gasteiger partial charge in [0.15, 0.2) is 6.10 Å². The Morgan fingerprint density at radius 2 is 2.17 bits per heavy atom. The maximum absolute atomic E-state index is 11.9. The molecule has 0 aliphatic rings. The Bertz CT molecular complexity index is 393. The van der Waals surface area contributed by atoms with Gasteiger partial charge in [0.2, 0.25) is 0 Å². The summed E-state index contributed by atoms with van der Waals surface area (Å²) >= 11 is 5.87. The molecule has 1 aromatic rings. The van der Waals surface area contributed by atoms with Crippen LogP contribution >= 0.6 is 11.6 Å². The lowest BCUT2D eigenvalue weighted by Gasteiger charge is -2.18. The molecule has 0 aromatic heterocycles. The molecule has 0 heterocycles. The van der Waals surface area contributed by atoms with Crippen LogP contribution < -0.4 is 10.1 Å². The molecule has 0 radical (unpaired) electrons. The minimum Gasteiger partial charge on any atom is -0.481 e. The number of ether oxygens (including phenoxy) is 1. The molecule has 18 heavy (non-hydrogen) atoms. The highest BCUT2D eigenvalue weighted by Gasteiger charge is 2.18. The maximum Gasteiger partial charge on any atom is 0.261 e. The molecular weight excluding hydrogens is 250 g/mol. The van der Waals surface area contributed by atoms with Crippen molar-refractivity contribution in [2.24, 2.45) is 5.92 Å². The van der Waals surface area contributed by atoms with E-state index in [1.54, 1.807) is 24.3 Å². The fourth-order valence-corrected chi connectivity index (χ4v) is 1.63. The molecule has 0 bridgehead atoms. The van der Waals surface area contributed by atoms with Gasteiger partial charge >= 0.3 is 0 Å². The van der Waals surface area contributed by atoms with E-state index in [4.69, 9.17) is 16.3 Å². The Kier molecular flexibility index (Phi) is 5.99. The summed E-state index contributed by atoms with van der Waals surface area (Å²) in [5.41, 5.74) is 0. The van der Waals surface area contributed by atoms with E-state index in [-0.39, 0.29) is 5.91 Å². The van der Waals surface area contributed by atoms with E-state index in [1.807, 2.05) is 6.92 Å². The summed E-state index contributed by atoms with van der Waals surface area (Å²) in [6, 6.07) is 7.08. The van der Waals surface area contributed by atoms with Crippen LogP contribution in [-0.4, -0.2) is 18.6 Å². The Labute approximate surface area is 113 Å². The van der Waals surface area contributed by atoms with Crippen LogP contribution in [0.3, 0.4) is 0 Å². The van der Waals surface area contributed by atoms with Gasteiger partial charge in [0.1, 0.15) is 5.75 Å². The molecule has 3 nitrogen and oxygen atoms in total. The van der Waals surface area contributed by atoms with Crippen LogP contribution in [0.4, 0.5) is 0 Å². The molecule has 0 fully saturated rings. The highest BCUT2D eigenvalue weighted by molar-refractivity contribution is 6.30. The van der Waals surface area contributed by atoms with E-state index in [2.05, 4.69) is 19.2 Å². The predicted octanol–water partition coefficient (Wildman–Crippen LogP) is 3.27. The van der Waals surface area contributed by atoms with Crippen LogP contribution in [0.1, 0.15) is 27.2 Å². The molecular formula is C14H20ClNO2. The fourth-order valence-electron chi connectivity index (χ4n) is 1.45. The average molecular weight is 270 g/mol. The second kappa shape index (κ2) is 7.27. The third kappa shape index (κ3) is 4.96. The van der Waals surface area contributed by atoms with E-state index in [1.165, 1.54) is 0 Å². The monoisotopic (exact) mass is 269 g/mol. The molecule has 1 aromatic carbocycles. The lowest BCUT2D eigenvalue weighted by molar-refractivity contribution is -0.128. The molecule has 4 heteroatoms. The summed E-state index contributed by atoms with van der Waals surface area (Å²) in [5.74, 6) is 0.970. The number of benzene rings is 1. The van der Waals surface area contributed by atoms with Crippen LogP contribution in [0.25, 0.3) is 0 Å². The lowest BCUT2D eigenvalue weighted by Crippen LogP contribution is -2.39. The molecule has 1 N–H and O–H groups in total. The third-order valence-electron chi connectivity index (χ3n) is 2.42. The van der Waals surface area contributed by atoms with Crippen molar-refractivity contribution in [3.8, 4) is 5.75 Å². The minimum absolute atomic E-state index is 0.0776. The van der Waals surface area contributed by atoms with Gasteiger partial charge in [-0.3, -0.25) is 4.79 Å². The highest BCUT2D eigenvalue weighted by atomic mass is 35.5. The highest BCUT2D eigenvalue weighted by Crippen LogP contribution is 2.19. The first-order valence-electron chi connectivity index (χ1n) is 6.22. The second-order valence-electron chi connectivity index (χ2n) is 4.61. The van der Waals surface area contributed by atoms with Crippen LogP contribution in [0, 0.1) is 5.92 Å². The van der Waals surface area contributed by atoms with E-state index in [0.717, 1.165) is 0 Å². The van der Waals surface area contributed by atoms with Crippen molar-refractivity contribution in [1.82, 2.24) is 5.32 Å². The van der Waals surface area contributed by atoms with Crippen molar-refractivity contribution in [3.63, 3.8) is 0 Å². The third-order valence-corrected chi connectivity index (χ3v) is 2.66. The molecule has 0 aliphatic heterocycles. The van der Waals surface area contributed by atoms with Gasteiger partial charge < -0.3 is 10.1 Å². The molecule has 0 saturated heterocycles. The Hall–Kier alpha value is -1.22. The van der Waals surface area contributed by atoms with Gasteiger partial charge in [0, 0.05) is 11.6 Å². The smallest absolute Gasteiger partial charge is 0.261 e. The topological polar surface area (TPSA) is 38.3 Å². The zero-order valence-electron chi connectivity index (χ0n) is 11.1. The summed E-state index contributed by atoms with van der Waals surface area (Å²) in [6.07, 6.45) is 0.151. The van der Waals surface area contributed by atoms with Crippen molar-refractivity contribution in [2.75, 3.05) is 6.54 Å². The molecule has 100 valence electrons. The summed E-state index contributed by atoms with van der Waals surface area (Å²) in [7, 11) is 0. The van der Waals surface area contributed by atoms with E-state index >= 15 is 0 Å². The van der Waals surface area contributed by atoms with Gasteiger partial charge in [-0.25, -0.2) is 0 Å². The molecule has 1 atom stereocenters. The number of rotatable bonds is 6. The van der Waals surface area contributed by atoms with Gasteiger partial charge in [0.05, 0.1) is 0 Å². The lowest BCUT2D eigenvalue weighted by atomic mass is 10.2. The van der Waals surface area contributed by atoms with Crippen molar-refractivity contribution in [2.45, 2.75) is 33.3 Å². The first-order chi connectivity index (χ1) is 8.52. The number of hydrogen-bond donors (Lipinski definition) is 1. The van der Waals surface area contributed by atoms with Crippen LogP contribution in [0.15, 0.2) is 24.3 Å². The van der Waals surface area contributed by atoms with E-state index in [0.29, 0.717) is 29.7 Å². The number of hydrogen-bond acceptors (Lipinski definition) is 2. The van der Waals surface area contributed by atoms with E-state index < -0.39 is 6.10 Å². The predicted molar refractivity (Wildman–Crippen MR) is 74.0 cm³/mol.